The second-order valence-corrected chi connectivity index (χ2v) is 6.64. The van der Waals surface area contributed by atoms with Gasteiger partial charge in [0.15, 0.2) is 0 Å². The van der Waals surface area contributed by atoms with Crippen LogP contribution in [0, 0.1) is 0 Å². The highest BCUT2D eigenvalue weighted by Gasteiger charge is 2.45. The molecule has 2 aromatic heterocycles. The topological polar surface area (TPSA) is 45.3 Å². The lowest BCUT2D eigenvalue weighted by Crippen LogP contribution is -2.42. The summed E-state index contributed by atoms with van der Waals surface area (Å²) >= 11 is 1.66. The third-order valence-electron chi connectivity index (χ3n) is 4.70. The molecule has 1 amide bonds. The number of para-hydroxylation sites is 1. The first-order chi connectivity index (χ1) is 10.8. The maximum absolute atomic E-state index is 12.2. The summed E-state index contributed by atoms with van der Waals surface area (Å²) in [5.74, 6) is 0. The Morgan fingerprint density at radius 3 is 3.05 bits per heavy atom. The van der Waals surface area contributed by atoms with Crippen molar-refractivity contribution in [3.63, 3.8) is 0 Å². The third-order valence-corrected chi connectivity index (χ3v) is 5.40. The molecule has 1 N–H and O–H groups in total. The molecule has 2 aliphatic heterocycles. The number of aromatic amines is 1. The van der Waals surface area contributed by atoms with E-state index in [9.17, 15) is 4.79 Å². The number of ether oxygens (including phenoxy) is 1. The summed E-state index contributed by atoms with van der Waals surface area (Å²) in [6.07, 6.45) is 0.650. The van der Waals surface area contributed by atoms with Gasteiger partial charge in [-0.15, -0.1) is 0 Å². The first-order valence-electron chi connectivity index (χ1n) is 7.39. The molecule has 5 heteroatoms. The van der Waals surface area contributed by atoms with Crippen LogP contribution in [0.1, 0.15) is 22.9 Å². The quantitative estimate of drug-likeness (QED) is 0.745. The zero-order valence-corrected chi connectivity index (χ0v) is 12.6. The Hall–Kier alpha value is -2.27. The first kappa shape index (κ1) is 12.3. The monoisotopic (exact) mass is 310 g/mol. The summed E-state index contributed by atoms with van der Waals surface area (Å²) in [4.78, 5) is 17.7. The van der Waals surface area contributed by atoms with Crippen LogP contribution in [0.3, 0.4) is 0 Å². The predicted octanol–water partition coefficient (Wildman–Crippen LogP) is 3.70. The molecule has 2 unspecified atom stereocenters. The molecule has 1 aromatic carbocycles. The summed E-state index contributed by atoms with van der Waals surface area (Å²) in [7, 11) is 0. The fraction of sp³-hybridized carbons (Fsp3) is 0.235. The van der Waals surface area contributed by atoms with Gasteiger partial charge in [-0.25, -0.2) is 4.79 Å². The summed E-state index contributed by atoms with van der Waals surface area (Å²) in [5.41, 5.74) is 4.75. The van der Waals surface area contributed by atoms with Gasteiger partial charge in [0.1, 0.15) is 12.6 Å². The fourth-order valence-electron chi connectivity index (χ4n) is 3.75. The average Bonchev–Trinajstić information content (AvgIpc) is 3.25. The number of aromatic nitrogens is 1. The van der Waals surface area contributed by atoms with Gasteiger partial charge in [-0.2, -0.15) is 11.3 Å². The van der Waals surface area contributed by atoms with Gasteiger partial charge in [0.05, 0.1) is 6.04 Å². The van der Waals surface area contributed by atoms with Crippen LogP contribution in [-0.2, 0) is 11.2 Å². The molecular weight excluding hydrogens is 296 g/mol. The number of H-pyrrole nitrogens is 1. The van der Waals surface area contributed by atoms with Crippen molar-refractivity contribution in [3.05, 3.63) is 57.9 Å². The number of thiophene rings is 1. The molecule has 4 heterocycles. The van der Waals surface area contributed by atoms with Gasteiger partial charge in [0.25, 0.3) is 0 Å². The Balaban J connectivity index is 1.78. The van der Waals surface area contributed by atoms with Crippen molar-refractivity contribution in [1.29, 1.82) is 0 Å². The number of nitrogens with one attached hydrogen (secondary N) is 1. The number of hydrogen-bond acceptors (Lipinski definition) is 3. The summed E-state index contributed by atoms with van der Waals surface area (Å²) in [5, 5.41) is 5.44. The lowest BCUT2D eigenvalue weighted by Gasteiger charge is -2.35. The second-order valence-electron chi connectivity index (χ2n) is 5.86. The number of nitrogens with zero attached hydrogens (tertiary/aromatic N) is 1. The number of rotatable bonds is 1. The van der Waals surface area contributed by atoms with Crippen LogP contribution in [0.5, 0.6) is 0 Å². The number of carbonyl (C=O) groups is 1. The molecule has 1 fully saturated rings. The number of fused-ring (bicyclic) bond motifs is 4. The Morgan fingerprint density at radius 1 is 1.27 bits per heavy atom. The Morgan fingerprint density at radius 2 is 2.18 bits per heavy atom. The number of carbonyl (C=O) groups excluding carboxylic acids is 1. The van der Waals surface area contributed by atoms with Gasteiger partial charge in [-0.05, 0) is 40.4 Å². The van der Waals surface area contributed by atoms with Gasteiger partial charge in [0, 0.05) is 16.6 Å². The molecule has 1 saturated heterocycles. The van der Waals surface area contributed by atoms with Crippen molar-refractivity contribution in [2.45, 2.75) is 18.5 Å². The van der Waals surface area contributed by atoms with Crippen LogP contribution in [0.4, 0.5) is 4.79 Å². The maximum atomic E-state index is 12.2. The number of benzene rings is 1. The van der Waals surface area contributed by atoms with Crippen LogP contribution in [0.2, 0.25) is 0 Å². The molecule has 110 valence electrons. The van der Waals surface area contributed by atoms with Crippen LogP contribution < -0.4 is 0 Å². The zero-order chi connectivity index (χ0) is 14.7. The molecule has 2 aliphatic rings. The van der Waals surface area contributed by atoms with Gasteiger partial charge in [-0.1, -0.05) is 18.2 Å². The summed E-state index contributed by atoms with van der Waals surface area (Å²) in [6, 6.07) is 10.5. The van der Waals surface area contributed by atoms with Crippen molar-refractivity contribution in [1.82, 2.24) is 9.88 Å². The van der Waals surface area contributed by atoms with Crippen molar-refractivity contribution < 1.29 is 9.53 Å². The minimum Gasteiger partial charge on any atom is -0.447 e. The predicted molar refractivity (Wildman–Crippen MR) is 85.1 cm³/mol. The molecule has 0 bridgehead atoms. The van der Waals surface area contributed by atoms with E-state index >= 15 is 0 Å². The van der Waals surface area contributed by atoms with E-state index in [0.29, 0.717) is 6.61 Å². The van der Waals surface area contributed by atoms with E-state index in [0.717, 1.165) is 23.2 Å². The zero-order valence-electron chi connectivity index (χ0n) is 11.8. The van der Waals surface area contributed by atoms with E-state index in [1.807, 2.05) is 11.0 Å². The highest BCUT2D eigenvalue weighted by molar-refractivity contribution is 7.08. The van der Waals surface area contributed by atoms with E-state index in [1.165, 1.54) is 10.9 Å². The van der Waals surface area contributed by atoms with Gasteiger partial charge >= 0.3 is 6.09 Å². The Kier molecular flexibility index (Phi) is 2.44. The van der Waals surface area contributed by atoms with Crippen LogP contribution >= 0.6 is 11.3 Å². The van der Waals surface area contributed by atoms with Gasteiger partial charge in [-0.3, -0.25) is 4.90 Å². The minimum atomic E-state index is -0.203. The Labute approximate surface area is 131 Å². The van der Waals surface area contributed by atoms with Crippen molar-refractivity contribution in [2.24, 2.45) is 0 Å². The van der Waals surface area contributed by atoms with E-state index < -0.39 is 0 Å². The van der Waals surface area contributed by atoms with E-state index in [4.69, 9.17) is 4.74 Å². The third kappa shape index (κ3) is 1.54. The summed E-state index contributed by atoms with van der Waals surface area (Å²) < 4.78 is 5.32. The number of hydrogen-bond donors (Lipinski definition) is 1. The second kappa shape index (κ2) is 4.36. The normalized spacial score (nSPS) is 23.5. The minimum absolute atomic E-state index is 0.0672. The highest BCUT2D eigenvalue weighted by Crippen LogP contribution is 2.43. The molecule has 4 nitrogen and oxygen atoms in total. The summed E-state index contributed by atoms with van der Waals surface area (Å²) in [6.45, 7) is 0.485. The molecule has 0 radical (unpaired) electrons. The highest BCUT2D eigenvalue weighted by atomic mass is 32.1. The van der Waals surface area contributed by atoms with Crippen LogP contribution in [-0.4, -0.2) is 28.6 Å². The largest absolute Gasteiger partial charge is 0.447 e. The molecule has 22 heavy (non-hydrogen) atoms. The van der Waals surface area contributed by atoms with Crippen LogP contribution in [0.25, 0.3) is 10.9 Å². The molecule has 0 spiro atoms. The van der Waals surface area contributed by atoms with Crippen LogP contribution in [0.15, 0.2) is 41.1 Å². The molecule has 5 rings (SSSR count). The SMILES string of the molecule is O=C1OCC2Cc3c([nH]c4ccccc34)C(c3ccsc3)N12. The fourth-order valence-corrected chi connectivity index (χ4v) is 4.43. The molecular formula is C17H14N2O2S. The van der Waals surface area contributed by atoms with Crippen molar-refractivity contribution in [2.75, 3.05) is 6.61 Å². The smallest absolute Gasteiger partial charge is 0.411 e. The molecule has 2 atom stereocenters. The van der Waals surface area contributed by atoms with Crippen molar-refractivity contribution >= 4 is 28.3 Å². The Bertz CT molecular complexity index is 868. The lowest BCUT2D eigenvalue weighted by atomic mass is 9.90. The number of amides is 1. The maximum Gasteiger partial charge on any atom is 0.411 e. The average molecular weight is 310 g/mol. The van der Waals surface area contributed by atoms with E-state index in [2.05, 4.69) is 40.0 Å². The van der Waals surface area contributed by atoms with E-state index in [-0.39, 0.29) is 18.2 Å². The van der Waals surface area contributed by atoms with Gasteiger partial charge < -0.3 is 9.72 Å². The number of cyclic esters (lactones) is 1. The van der Waals surface area contributed by atoms with E-state index in [1.54, 1.807) is 11.3 Å². The van der Waals surface area contributed by atoms with Crippen molar-refractivity contribution in [3.8, 4) is 0 Å². The first-order valence-corrected chi connectivity index (χ1v) is 8.34. The molecule has 0 saturated carbocycles. The van der Waals surface area contributed by atoms with Gasteiger partial charge in [0.2, 0.25) is 0 Å². The molecule has 0 aliphatic carbocycles. The lowest BCUT2D eigenvalue weighted by molar-refractivity contribution is 0.147. The molecule has 3 aromatic rings. The standard InChI is InChI=1S/C17H14N2O2S/c20-17-19-11(8-21-17)7-13-12-3-1-2-4-14(12)18-15(13)16(19)10-5-6-22-9-10/h1-6,9,11,16,18H,7-8H2.